The molecule has 0 radical (unpaired) electrons. The maximum atomic E-state index is 14.4. The fraction of sp³-hybridized carbons (Fsp3) is 0.286. The third-order valence-electron chi connectivity index (χ3n) is 4.38. The number of carboxylic acid groups (broad SMARTS) is 1. The number of rotatable bonds is 6. The van der Waals surface area contributed by atoms with Gasteiger partial charge in [0.25, 0.3) is 0 Å². The van der Waals surface area contributed by atoms with E-state index in [9.17, 15) is 27.1 Å². The molecule has 1 N–H and O–H groups in total. The first-order valence-electron chi connectivity index (χ1n) is 9.57. The number of halogens is 2. The van der Waals surface area contributed by atoms with Gasteiger partial charge in [-0.1, -0.05) is 20.8 Å². The van der Waals surface area contributed by atoms with Crippen LogP contribution in [-0.4, -0.2) is 45.8 Å². The highest BCUT2D eigenvalue weighted by Gasteiger charge is 2.28. The lowest BCUT2D eigenvalue weighted by Gasteiger charge is -2.27. The summed E-state index contributed by atoms with van der Waals surface area (Å²) in [5.41, 5.74) is -0.489. The van der Waals surface area contributed by atoms with Crippen LogP contribution in [0.4, 0.5) is 13.6 Å². The van der Waals surface area contributed by atoms with Crippen molar-refractivity contribution >= 4 is 15.9 Å². The summed E-state index contributed by atoms with van der Waals surface area (Å²) in [6.45, 7) is 5.52. The zero-order valence-electron chi connectivity index (χ0n) is 17.7. The van der Waals surface area contributed by atoms with Crippen molar-refractivity contribution in [1.29, 1.82) is 0 Å². The first-order chi connectivity index (χ1) is 14.9. The van der Waals surface area contributed by atoms with E-state index in [1.165, 1.54) is 24.4 Å². The van der Waals surface area contributed by atoms with Crippen molar-refractivity contribution in [2.75, 3.05) is 6.54 Å². The normalized spacial score (nSPS) is 12.0. The van der Waals surface area contributed by atoms with E-state index in [1.807, 2.05) is 20.8 Å². The van der Waals surface area contributed by atoms with Crippen molar-refractivity contribution < 1.29 is 27.1 Å². The number of hydrogen-bond acceptors (Lipinski definition) is 5. The van der Waals surface area contributed by atoms with Gasteiger partial charge in [0.2, 0.25) is 15.8 Å². The van der Waals surface area contributed by atoms with Gasteiger partial charge >= 0.3 is 6.09 Å². The van der Waals surface area contributed by atoms with Crippen LogP contribution in [0, 0.1) is 17.2 Å². The maximum absolute atomic E-state index is 14.4. The van der Waals surface area contributed by atoms with Crippen LogP contribution in [0.5, 0.6) is 0 Å². The second-order valence-electron chi connectivity index (χ2n) is 8.36. The van der Waals surface area contributed by atoms with E-state index in [0.717, 1.165) is 33.8 Å². The van der Waals surface area contributed by atoms with E-state index in [-0.39, 0.29) is 34.8 Å². The summed E-state index contributed by atoms with van der Waals surface area (Å²) in [7, 11) is -4.25. The van der Waals surface area contributed by atoms with Crippen LogP contribution in [0.15, 0.2) is 58.6 Å². The predicted molar refractivity (Wildman–Crippen MR) is 111 cm³/mol. The van der Waals surface area contributed by atoms with Gasteiger partial charge in [-0.2, -0.15) is 9.49 Å². The SMILES string of the molecule is CC(C)(C)CN(Cc1cc(S(=O)(=O)c2ccc(F)cc2)n(-c2cccnc2F)n1)C(=O)O. The molecule has 0 saturated carbocycles. The molecule has 1 amide bonds. The standard InChI is InChI=1S/C21H22F2N4O4S/c1-21(2,3)13-26(20(28)29)12-15-11-18(27(25-15)17-5-4-10-24-19(17)23)32(30,31)16-8-6-14(22)7-9-16/h4-11H,12-13H2,1-3H3,(H,28,29). The Morgan fingerprint density at radius 1 is 1.16 bits per heavy atom. The van der Waals surface area contributed by atoms with Gasteiger partial charge in [-0.25, -0.2) is 27.3 Å². The highest BCUT2D eigenvalue weighted by Crippen LogP contribution is 2.26. The summed E-state index contributed by atoms with van der Waals surface area (Å²) in [5, 5.41) is 13.4. The number of hydrogen-bond donors (Lipinski definition) is 1. The van der Waals surface area contributed by atoms with Gasteiger partial charge in [0.1, 0.15) is 11.5 Å². The van der Waals surface area contributed by atoms with Crippen LogP contribution in [0.3, 0.4) is 0 Å². The number of sulfone groups is 1. The Hall–Kier alpha value is -3.34. The number of benzene rings is 1. The monoisotopic (exact) mass is 464 g/mol. The van der Waals surface area contributed by atoms with Crippen molar-refractivity contribution in [2.24, 2.45) is 5.41 Å². The maximum Gasteiger partial charge on any atom is 0.407 e. The molecule has 0 aliphatic heterocycles. The summed E-state index contributed by atoms with van der Waals surface area (Å²) in [4.78, 5) is 16.1. The molecular formula is C21H22F2N4O4S. The van der Waals surface area contributed by atoms with E-state index in [1.54, 1.807) is 0 Å². The fourth-order valence-corrected chi connectivity index (χ4v) is 4.47. The zero-order chi connectivity index (χ0) is 23.7. The lowest BCUT2D eigenvalue weighted by atomic mass is 9.96. The van der Waals surface area contributed by atoms with Crippen LogP contribution in [0.1, 0.15) is 26.5 Å². The Kier molecular flexibility index (Phi) is 6.31. The number of pyridine rings is 1. The molecule has 0 bridgehead atoms. The summed E-state index contributed by atoms with van der Waals surface area (Å²) >= 11 is 0. The average Bonchev–Trinajstić information content (AvgIpc) is 3.11. The Labute approximate surface area is 184 Å². The van der Waals surface area contributed by atoms with Crippen molar-refractivity contribution in [3.05, 3.63) is 66.1 Å². The number of nitrogens with zero attached hydrogens (tertiary/aromatic N) is 4. The Balaban J connectivity index is 2.14. The average molecular weight is 464 g/mol. The van der Waals surface area contributed by atoms with E-state index in [2.05, 4.69) is 10.1 Å². The van der Waals surface area contributed by atoms with E-state index < -0.39 is 32.7 Å². The molecule has 32 heavy (non-hydrogen) atoms. The molecule has 8 nitrogen and oxygen atoms in total. The first-order valence-corrected chi connectivity index (χ1v) is 11.1. The van der Waals surface area contributed by atoms with Crippen molar-refractivity contribution in [1.82, 2.24) is 19.7 Å². The lowest BCUT2D eigenvalue weighted by Crippen LogP contribution is -2.36. The van der Waals surface area contributed by atoms with Gasteiger partial charge in [0.15, 0.2) is 5.03 Å². The molecule has 0 aliphatic carbocycles. The Morgan fingerprint density at radius 3 is 2.38 bits per heavy atom. The Morgan fingerprint density at radius 2 is 1.81 bits per heavy atom. The van der Waals surface area contributed by atoms with E-state index >= 15 is 0 Å². The third kappa shape index (κ3) is 5.10. The molecule has 11 heteroatoms. The van der Waals surface area contributed by atoms with Crippen LogP contribution < -0.4 is 0 Å². The van der Waals surface area contributed by atoms with E-state index in [0.29, 0.717) is 0 Å². The van der Waals surface area contributed by atoms with Crippen molar-refractivity contribution in [3.63, 3.8) is 0 Å². The second-order valence-corrected chi connectivity index (χ2v) is 10.3. The van der Waals surface area contributed by atoms with Gasteiger partial charge in [0, 0.05) is 18.8 Å². The molecule has 2 heterocycles. The summed E-state index contributed by atoms with van der Waals surface area (Å²) < 4.78 is 55.1. The third-order valence-corrected chi connectivity index (χ3v) is 6.12. The molecule has 0 saturated heterocycles. The second kappa shape index (κ2) is 8.65. The van der Waals surface area contributed by atoms with Gasteiger partial charge in [-0.3, -0.25) is 0 Å². The minimum atomic E-state index is -4.25. The minimum absolute atomic E-state index is 0.0978. The van der Waals surface area contributed by atoms with Crippen LogP contribution in [0.2, 0.25) is 0 Å². The molecule has 170 valence electrons. The summed E-state index contributed by atoms with van der Waals surface area (Å²) in [6.07, 6.45) is -0.00245. The molecule has 0 unspecified atom stereocenters. The first kappa shape index (κ1) is 23.3. The highest BCUT2D eigenvalue weighted by atomic mass is 32.2. The zero-order valence-corrected chi connectivity index (χ0v) is 18.5. The summed E-state index contributed by atoms with van der Waals surface area (Å²) in [6, 6.07) is 8.06. The molecule has 3 aromatic rings. The molecule has 0 fully saturated rings. The molecular weight excluding hydrogens is 442 g/mol. The molecule has 3 rings (SSSR count). The molecule has 0 aliphatic rings. The quantitative estimate of drug-likeness (QED) is 0.438. The van der Waals surface area contributed by atoms with E-state index in [4.69, 9.17) is 0 Å². The van der Waals surface area contributed by atoms with Gasteiger partial charge < -0.3 is 10.0 Å². The smallest absolute Gasteiger partial charge is 0.407 e. The van der Waals surface area contributed by atoms with Crippen LogP contribution >= 0.6 is 0 Å². The van der Waals surface area contributed by atoms with Crippen molar-refractivity contribution in [2.45, 2.75) is 37.2 Å². The number of aromatic nitrogens is 3. The van der Waals surface area contributed by atoms with Gasteiger partial charge in [0.05, 0.1) is 17.1 Å². The highest BCUT2D eigenvalue weighted by molar-refractivity contribution is 7.91. The molecule has 0 atom stereocenters. The molecule has 1 aromatic carbocycles. The molecule has 0 spiro atoms. The molecule has 2 aromatic heterocycles. The Bertz CT molecular complexity index is 1240. The number of carbonyl (C=O) groups is 1. The summed E-state index contributed by atoms with van der Waals surface area (Å²) in [5.74, 6) is -1.57. The van der Waals surface area contributed by atoms with Gasteiger partial charge in [-0.05, 0) is 41.8 Å². The minimum Gasteiger partial charge on any atom is -0.465 e. The fourth-order valence-electron chi connectivity index (χ4n) is 3.08. The number of amides is 1. The van der Waals surface area contributed by atoms with Crippen LogP contribution in [0.25, 0.3) is 5.69 Å². The topological polar surface area (TPSA) is 105 Å². The predicted octanol–water partition coefficient (Wildman–Crippen LogP) is 3.90. The van der Waals surface area contributed by atoms with Crippen molar-refractivity contribution in [3.8, 4) is 5.69 Å². The largest absolute Gasteiger partial charge is 0.465 e. The van der Waals surface area contributed by atoms with Crippen LogP contribution in [-0.2, 0) is 16.4 Å². The lowest BCUT2D eigenvalue weighted by molar-refractivity contribution is 0.122. The van der Waals surface area contributed by atoms with Gasteiger partial charge in [-0.15, -0.1) is 0 Å².